The summed E-state index contributed by atoms with van der Waals surface area (Å²) in [6, 6.07) is 12.0. The Kier molecular flexibility index (Phi) is 25.7. The van der Waals surface area contributed by atoms with E-state index in [-0.39, 0.29) is 68.1 Å². The second-order valence-corrected chi connectivity index (χ2v) is 20.2. The van der Waals surface area contributed by atoms with E-state index >= 15 is 0 Å². The van der Waals surface area contributed by atoms with E-state index in [0.29, 0.717) is 69.9 Å². The van der Waals surface area contributed by atoms with Crippen LogP contribution in [-0.2, 0) is 58.9 Å². The quantitative estimate of drug-likeness (QED) is 0.0662. The lowest BCUT2D eigenvalue weighted by molar-refractivity contribution is -0.148. The molecule has 9 atom stereocenters. The van der Waals surface area contributed by atoms with Crippen molar-refractivity contribution < 1.29 is 67.2 Å². The third kappa shape index (κ3) is 17.3. The summed E-state index contributed by atoms with van der Waals surface area (Å²) in [5, 5.41) is 16.5. The molecule has 20 heteroatoms. The van der Waals surface area contributed by atoms with Gasteiger partial charge in [-0.2, -0.15) is 0 Å². The average molecular weight is 1050 g/mol. The maximum absolute atomic E-state index is 14.6. The van der Waals surface area contributed by atoms with Crippen LogP contribution < -0.4 is 10.6 Å². The monoisotopic (exact) mass is 1050 g/mol. The van der Waals surface area contributed by atoms with Crippen LogP contribution in [0.4, 0.5) is 0 Å². The van der Waals surface area contributed by atoms with Crippen LogP contribution in [0.5, 0.6) is 0 Å². The van der Waals surface area contributed by atoms with E-state index in [9.17, 15) is 38.7 Å². The molecule has 0 aliphatic carbocycles. The maximum Gasteiger partial charge on any atom is 0.326 e. The van der Waals surface area contributed by atoms with Crippen LogP contribution in [0.15, 0.2) is 54.6 Å². The summed E-state index contributed by atoms with van der Waals surface area (Å²) in [5.74, 6) is -4.76. The maximum atomic E-state index is 14.6. The number of likely N-dealkylation sites (tertiary alicyclic amines) is 1. The van der Waals surface area contributed by atoms with Gasteiger partial charge in [0.25, 0.3) is 11.8 Å². The summed E-state index contributed by atoms with van der Waals surface area (Å²) < 4.78 is 28.9. The Labute approximate surface area is 443 Å². The number of carboxylic acid groups (broad SMARTS) is 1. The molecule has 0 bridgehead atoms. The molecule has 3 N–H and O–H groups in total. The van der Waals surface area contributed by atoms with Crippen molar-refractivity contribution in [1.82, 2.24) is 30.4 Å². The number of amides is 6. The van der Waals surface area contributed by atoms with Gasteiger partial charge in [0.15, 0.2) is 0 Å². The predicted molar refractivity (Wildman–Crippen MR) is 279 cm³/mol. The molecule has 2 aromatic carbocycles. The summed E-state index contributed by atoms with van der Waals surface area (Å²) in [7, 11) is 6.54. The van der Waals surface area contributed by atoms with Crippen LogP contribution in [0.2, 0.25) is 0 Å². The smallest absolute Gasteiger partial charge is 0.326 e. The molecule has 6 amide bonds. The number of hydrogen-bond donors (Lipinski definition) is 3. The molecule has 2 aliphatic rings. The van der Waals surface area contributed by atoms with Crippen molar-refractivity contribution in [3.63, 3.8) is 0 Å². The third-order valence-corrected chi connectivity index (χ3v) is 14.3. The normalized spacial score (nSPS) is 17.9. The molecule has 2 aromatic rings. The number of carbonyl (C=O) groups excluding carboxylic acids is 6. The molecule has 75 heavy (non-hydrogen) atoms. The van der Waals surface area contributed by atoms with Crippen molar-refractivity contribution in [2.45, 2.75) is 123 Å². The number of carbonyl (C=O) groups is 7. The first kappa shape index (κ1) is 62.2. The first-order chi connectivity index (χ1) is 35.8. The van der Waals surface area contributed by atoms with Crippen molar-refractivity contribution >= 4 is 41.4 Å². The molecule has 1 fully saturated rings. The number of nitrogens with zero attached hydrogens (tertiary/aromatic N) is 4. The van der Waals surface area contributed by atoms with Crippen LogP contribution in [0.1, 0.15) is 100 Å². The second kappa shape index (κ2) is 31.0. The second-order valence-electron chi connectivity index (χ2n) is 20.2. The Morgan fingerprint density at radius 1 is 0.747 bits per heavy atom. The molecule has 1 saturated heterocycles. The highest BCUT2D eigenvalue weighted by molar-refractivity contribution is 6.20. The number of imide groups is 1. The van der Waals surface area contributed by atoms with Gasteiger partial charge < -0.3 is 49.2 Å². The Morgan fingerprint density at radius 3 is 1.85 bits per heavy atom. The molecular weight excluding hydrogens is 969 g/mol. The summed E-state index contributed by atoms with van der Waals surface area (Å²) in [6.07, 6.45) is 0.531. The third-order valence-electron chi connectivity index (χ3n) is 14.3. The van der Waals surface area contributed by atoms with E-state index in [1.54, 1.807) is 60.2 Å². The lowest BCUT2D eigenvalue weighted by Gasteiger charge is -2.41. The highest BCUT2D eigenvalue weighted by Crippen LogP contribution is 2.30. The van der Waals surface area contributed by atoms with Crippen LogP contribution in [0.25, 0.3) is 0 Å². The standard InChI is InChI=1S/C55H84N6O14/c1-12-37(6)48(44(70-10)34-45(62)60-24-18-23-43(60)49(71-11)38(7)50(63)56-42(55(68)69)33-39-19-14-13-15-20-39)59(9)54(67)46(35(2)3)57-51(64)47(36(4)5)58(8)25-26-72-27-28-73-29-30-74-31-32-75-61-52(65)40-21-16-17-22-41(40)53(61)66/h13-17,19-22,35-38,42-44,46-49H,12,18,23-34H2,1-11H3,(H,56,63)(H,57,64)(H,68,69)/t37-,38+,42-,43-,44+,46-,47-,48-,49+/m0/s1. The molecule has 0 unspecified atom stereocenters. The van der Waals surface area contributed by atoms with Gasteiger partial charge in [-0.25, -0.2) is 4.79 Å². The zero-order chi connectivity index (χ0) is 55.4. The van der Waals surface area contributed by atoms with E-state index in [2.05, 4.69) is 10.6 Å². The Balaban J connectivity index is 1.26. The van der Waals surface area contributed by atoms with E-state index in [1.165, 1.54) is 14.2 Å². The molecule has 2 heterocycles. The van der Waals surface area contributed by atoms with E-state index in [1.807, 2.05) is 71.7 Å². The van der Waals surface area contributed by atoms with Crippen molar-refractivity contribution in [2.24, 2.45) is 23.7 Å². The van der Waals surface area contributed by atoms with Crippen LogP contribution in [-0.4, -0.2) is 196 Å². The average Bonchev–Trinajstić information content (AvgIpc) is 3.97. The summed E-state index contributed by atoms with van der Waals surface area (Å²) in [4.78, 5) is 104. The minimum absolute atomic E-state index is 0.0154. The van der Waals surface area contributed by atoms with E-state index in [4.69, 9.17) is 28.5 Å². The van der Waals surface area contributed by atoms with Crippen molar-refractivity contribution in [3.05, 3.63) is 71.3 Å². The first-order valence-electron chi connectivity index (χ1n) is 26.3. The minimum Gasteiger partial charge on any atom is -0.480 e. The number of likely N-dealkylation sites (N-methyl/N-ethyl adjacent to an activating group) is 2. The van der Waals surface area contributed by atoms with Crippen LogP contribution >= 0.6 is 0 Å². The zero-order valence-corrected chi connectivity index (χ0v) is 46.0. The molecule has 2 aliphatic heterocycles. The molecule has 0 spiro atoms. The van der Waals surface area contributed by atoms with E-state index in [0.717, 1.165) is 10.6 Å². The highest BCUT2D eigenvalue weighted by atomic mass is 16.7. The van der Waals surface area contributed by atoms with Gasteiger partial charge in [0.2, 0.25) is 23.6 Å². The number of rotatable bonds is 34. The van der Waals surface area contributed by atoms with Gasteiger partial charge in [0, 0.05) is 40.8 Å². The number of benzene rings is 2. The van der Waals surface area contributed by atoms with Gasteiger partial charge in [-0.15, -0.1) is 5.06 Å². The summed E-state index contributed by atoms with van der Waals surface area (Å²) in [6.45, 7) is 15.9. The number of ether oxygens (including phenoxy) is 5. The summed E-state index contributed by atoms with van der Waals surface area (Å²) in [5.41, 5.74) is 1.38. The largest absolute Gasteiger partial charge is 0.480 e. The molecular formula is C55H84N6O14. The summed E-state index contributed by atoms with van der Waals surface area (Å²) >= 11 is 0. The number of fused-ring (bicyclic) bond motifs is 1. The fourth-order valence-corrected chi connectivity index (χ4v) is 10.0. The zero-order valence-electron chi connectivity index (χ0n) is 46.0. The topological polar surface area (TPSA) is 232 Å². The lowest BCUT2D eigenvalue weighted by atomic mass is 9.89. The van der Waals surface area contributed by atoms with Gasteiger partial charge in [-0.05, 0) is 55.3 Å². The Hall–Kier alpha value is -5.35. The van der Waals surface area contributed by atoms with Gasteiger partial charge in [-0.3, -0.25) is 38.5 Å². The molecule has 0 aromatic heterocycles. The fourth-order valence-electron chi connectivity index (χ4n) is 10.0. The SMILES string of the molecule is CC[C@H](C)[C@@H]([C@@H](CC(=O)N1CCC[C@H]1[C@H](OC)[C@@H](C)C(=O)N[C@@H](Cc1ccccc1)C(=O)O)OC)N(C)C(=O)[C@@H](NC(=O)[C@H](C(C)C)N(C)CCOCCOCCOCCON1C(=O)c2ccccc2C1=O)C(C)C. The van der Waals surface area contributed by atoms with E-state index < -0.39 is 72.0 Å². The predicted octanol–water partition coefficient (Wildman–Crippen LogP) is 4.09. The van der Waals surface area contributed by atoms with Gasteiger partial charge >= 0.3 is 5.97 Å². The Bertz CT molecular complexity index is 2130. The number of aliphatic carboxylic acids is 1. The van der Waals surface area contributed by atoms with Crippen LogP contribution in [0, 0.1) is 23.7 Å². The van der Waals surface area contributed by atoms with Crippen molar-refractivity contribution in [1.29, 1.82) is 0 Å². The number of hydrogen-bond acceptors (Lipinski definition) is 14. The molecule has 418 valence electrons. The number of carboxylic acids is 1. The fraction of sp³-hybridized carbons (Fsp3) is 0.655. The number of nitrogens with one attached hydrogen (secondary N) is 2. The minimum atomic E-state index is -1.16. The van der Waals surface area contributed by atoms with Crippen LogP contribution in [0.3, 0.4) is 0 Å². The molecule has 0 radical (unpaired) electrons. The Morgan fingerprint density at radius 2 is 1.32 bits per heavy atom. The van der Waals surface area contributed by atoms with Crippen molar-refractivity contribution in [2.75, 3.05) is 87.7 Å². The molecule has 20 nitrogen and oxygen atoms in total. The number of methoxy groups -OCH3 is 2. The molecule has 4 rings (SSSR count). The highest BCUT2D eigenvalue weighted by Gasteiger charge is 2.44. The number of hydroxylamine groups is 2. The van der Waals surface area contributed by atoms with Gasteiger partial charge in [0.05, 0.1) is 100 Å². The molecule has 0 saturated carbocycles. The van der Waals surface area contributed by atoms with Crippen molar-refractivity contribution in [3.8, 4) is 0 Å². The lowest BCUT2D eigenvalue weighted by Crippen LogP contribution is -2.60. The van der Waals surface area contributed by atoms with Gasteiger partial charge in [-0.1, -0.05) is 97.4 Å². The first-order valence-corrected chi connectivity index (χ1v) is 26.3. The van der Waals surface area contributed by atoms with Gasteiger partial charge in [0.1, 0.15) is 12.1 Å².